The average molecular weight is 478 g/mol. The summed E-state index contributed by atoms with van der Waals surface area (Å²) in [6, 6.07) is 2.13. The van der Waals surface area contributed by atoms with Crippen LogP contribution >= 0.6 is 15.9 Å². The number of carbonyl (C=O) groups is 1. The first-order chi connectivity index (χ1) is 13.8. The van der Waals surface area contributed by atoms with Crippen molar-refractivity contribution in [2.24, 2.45) is 5.92 Å². The van der Waals surface area contributed by atoms with Gasteiger partial charge in [0.25, 0.3) is 0 Å². The summed E-state index contributed by atoms with van der Waals surface area (Å²) in [5, 5.41) is 0. The van der Waals surface area contributed by atoms with Crippen LogP contribution in [0.4, 0.5) is 18.9 Å². The van der Waals surface area contributed by atoms with E-state index in [1.54, 1.807) is 7.11 Å². The molecule has 1 atom stereocenters. The van der Waals surface area contributed by atoms with Crippen molar-refractivity contribution in [2.45, 2.75) is 51.1 Å². The molecule has 1 aromatic rings. The molecule has 0 bridgehead atoms. The average Bonchev–Trinajstić information content (AvgIpc) is 2.65. The number of halogens is 4. The zero-order chi connectivity index (χ0) is 21.0. The van der Waals surface area contributed by atoms with Gasteiger partial charge in [0.15, 0.2) is 0 Å². The normalized spacial score (nSPS) is 19.6. The number of hydrogen-bond acceptors (Lipinski definition) is 4. The van der Waals surface area contributed by atoms with Gasteiger partial charge in [0.05, 0.1) is 18.8 Å². The summed E-state index contributed by atoms with van der Waals surface area (Å²) in [6.07, 6.45) is -0.643. The van der Waals surface area contributed by atoms with Crippen LogP contribution in [-0.4, -0.2) is 45.4 Å². The molecule has 0 aromatic heterocycles. The second kappa shape index (κ2) is 9.69. The third-order valence-electron chi connectivity index (χ3n) is 5.86. The van der Waals surface area contributed by atoms with E-state index in [4.69, 9.17) is 9.47 Å². The molecule has 1 aliphatic heterocycles. The molecule has 162 valence electrons. The zero-order valence-corrected chi connectivity index (χ0v) is 18.2. The maximum absolute atomic E-state index is 12.5. The Hall–Kier alpha value is -1.28. The molecule has 0 saturated carbocycles. The maximum Gasteiger partial charge on any atom is 0.449 e. The summed E-state index contributed by atoms with van der Waals surface area (Å²) in [4.78, 5) is 13.5. The maximum atomic E-state index is 12.5. The Bertz CT molecular complexity index is 739. The lowest BCUT2D eigenvalue weighted by Crippen LogP contribution is -2.35. The topological polar surface area (TPSA) is 38.8 Å². The molecule has 2 aliphatic rings. The molecule has 29 heavy (non-hydrogen) atoms. The van der Waals surface area contributed by atoms with E-state index in [0.29, 0.717) is 19.6 Å². The quantitative estimate of drug-likeness (QED) is 0.571. The second-order valence-electron chi connectivity index (χ2n) is 7.76. The van der Waals surface area contributed by atoms with Gasteiger partial charge < -0.3 is 14.4 Å². The number of aryl methyl sites for hydroxylation is 1. The van der Waals surface area contributed by atoms with Gasteiger partial charge in [-0.25, -0.2) is 0 Å². The smallest absolute Gasteiger partial charge is 0.449 e. The Morgan fingerprint density at radius 3 is 2.86 bits per heavy atom. The van der Waals surface area contributed by atoms with Crippen molar-refractivity contribution in [3.8, 4) is 5.75 Å². The number of fused-ring (bicyclic) bond motifs is 2. The molecule has 0 saturated heterocycles. The van der Waals surface area contributed by atoms with E-state index in [-0.39, 0.29) is 5.92 Å². The summed E-state index contributed by atoms with van der Waals surface area (Å²) < 4.78 is 49.7. The van der Waals surface area contributed by atoms with Crippen molar-refractivity contribution in [3.05, 3.63) is 21.7 Å². The van der Waals surface area contributed by atoms with Crippen LogP contribution in [0.5, 0.6) is 5.75 Å². The number of Topliss-reactive ketones (excluding diaryl/α,β-unsaturated/α-hetero) is 1. The van der Waals surface area contributed by atoms with E-state index in [2.05, 4.69) is 26.9 Å². The molecule has 1 aromatic carbocycles. The summed E-state index contributed by atoms with van der Waals surface area (Å²) >= 11 is 3.79. The van der Waals surface area contributed by atoms with Gasteiger partial charge in [0, 0.05) is 24.5 Å². The van der Waals surface area contributed by atoms with Crippen molar-refractivity contribution < 1.29 is 27.4 Å². The van der Waals surface area contributed by atoms with E-state index in [0.717, 1.165) is 61.1 Å². The van der Waals surface area contributed by atoms with Gasteiger partial charge in [0.2, 0.25) is 5.78 Å². The minimum Gasteiger partial charge on any atom is -0.490 e. The van der Waals surface area contributed by atoms with Crippen molar-refractivity contribution in [1.29, 1.82) is 0 Å². The van der Waals surface area contributed by atoms with Crippen molar-refractivity contribution in [2.75, 3.05) is 38.3 Å². The zero-order valence-electron chi connectivity index (χ0n) is 16.6. The summed E-state index contributed by atoms with van der Waals surface area (Å²) in [5.41, 5.74) is 3.49. The van der Waals surface area contributed by atoms with Gasteiger partial charge in [-0.05, 0) is 71.1 Å². The molecule has 0 spiro atoms. The Morgan fingerprint density at radius 1 is 1.34 bits per heavy atom. The van der Waals surface area contributed by atoms with Crippen LogP contribution in [0.25, 0.3) is 0 Å². The number of carbonyl (C=O) groups excluding carboxylic acids is 1. The fraction of sp³-hybridized carbons (Fsp3) is 0.667. The van der Waals surface area contributed by atoms with Crippen molar-refractivity contribution >= 4 is 27.4 Å². The molecule has 1 aliphatic carbocycles. The molecule has 0 N–H and O–H groups in total. The number of ether oxygens (including phenoxy) is 2. The molecule has 3 rings (SSSR count). The number of rotatable bonds is 6. The third kappa shape index (κ3) is 5.45. The lowest BCUT2D eigenvalue weighted by atomic mass is 9.84. The molecule has 8 heteroatoms. The summed E-state index contributed by atoms with van der Waals surface area (Å²) in [7, 11) is 1.68. The lowest BCUT2D eigenvalue weighted by molar-refractivity contribution is -0.171. The Labute approximate surface area is 177 Å². The fourth-order valence-electron chi connectivity index (χ4n) is 4.25. The number of nitrogens with zero attached hydrogens (tertiary/aromatic N) is 1. The van der Waals surface area contributed by atoms with E-state index in [1.807, 2.05) is 0 Å². The Kier molecular flexibility index (Phi) is 7.48. The lowest BCUT2D eigenvalue weighted by Gasteiger charge is -2.34. The fourth-order valence-corrected chi connectivity index (χ4v) is 5.15. The first-order valence-electron chi connectivity index (χ1n) is 10.1. The van der Waals surface area contributed by atoms with Gasteiger partial charge in [-0.15, -0.1) is 0 Å². The van der Waals surface area contributed by atoms with Gasteiger partial charge in [-0.1, -0.05) is 6.42 Å². The van der Waals surface area contributed by atoms with Crippen LogP contribution in [0.1, 0.15) is 43.2 Å². The van der Waals surface area contributed by atoms with E-state index < -0.39 is 18.4 Å². The summed E-state index contributed by atoms with van der Waals surface area (Å²) in [6.45, 7) is 2.82. The highest BCUT2D eigenvalue weighted by molar-refractivity contribution is 9.10. The number of anilines is 1. The van der Waals surface area contributed by atoms with Crippen LogP contribution in [0, 0.1) is 5.92 Å². The number of methoxy groups -OCH3 is 1. The van der Waals surface area contributed by atoms with Gasteiger partial charge >= 0.3 is 6.18 Å². The summed E-state index contributed by atoms with van der Waals surface area (Å²) in [5.74, 6) is -0.592. The Balaban J connectivity index is 1.75. The van der Waals surface area contributed by atoms with E-state index in [1.165, 1.54) is 11.1 Å². The predicted molar refractivity (Wildman–Crippen MR) is 109 cm³/mol. The molecular formula is C21H27BrF3NO3. The van der Waals surface area contributed by atoms with Gasteiger partial charge in [-0.2, -0.15) is 13.2 Å². The first kappa shape index (κ1) is 22.4. The standard InChI is InChI=1S/C21H27BrF3NO3/c1-28-11-9-26-10-12-29-17-13-15-4-2-3-14(6-8-18(27)21(23,24)25)5-7-16(15)19(22)20(17)26/h13-14H,2-12H2,1H3. The second-order valence-corrected chi connectivity index (χ2v) is 8.55. The number of benzene rings is 1. The molecule has 0 amide bonds. The Morgan fingerprint density at radius 2 is 2.14 bits per heavy atom. The van der Waals surface area contributed by atoms with Crippen molar-refractivity contribution in [1.82, 2.24) is 0 Å². The third-order valence-corrected chi connectivity index (χ3v) is 6.71. The molecule has 1 unspecified atom stereocenters. The monoisotopic (exact) mass is 477 g/mol. The van der Waals surface area contributed by atoms with E-state index >= 15 is 0 Å². The highest BCUT2D eigenvalue weighted by atomic mass is 79.9. The molecular weight excluding hydrogens is 451 g/mol. The minimum absolute atomic E-state index is 0.137. The van der Waals surface area contributed by atoms with Gasteiger partial charge in [0.1, 0.15) is 12.4 Å². The predicted octanol–water partition coefficient (Wildman–Crippen LogP) is 5.09. The number of ketones is 1. The molecule has 0 fully saturated rings. The van der Waals surface area contributed by atoms with E-state index in [9.17, 15) is 18.0 Å². The van der Waals surface area contributed by atoms with Crippen LogP contribution in [0.15, 0.2) is 10.5 Å². The van der Waals surface area contributed by atoms with Crippen molar-refractivity contribution in [3.63, 3.8) is 0 Å². The van der Waals surface area contributed by atoms with Crippen LogP contribution in [0.3, 0.4) is 0 Å². The SMILES string of the molecule is COCCN1CCOc2cc3c(c(Br)c21)CCC(CCC(=O)C(F)(F)F)CCC3. The van der Waals surface area contributed by atoms with Crippen LogP contribution in [0.2, 0.25) is 0 Å². The highest BCUT2D eigenvalue weighted by Gasteiger charge is 2.37. The molecule has 0 radical (unpaired) electrons. The first-order valence-corrected chi connectivity index (χ1v) is 10.9. The van der Waals surface area contributed by atoms with Crippen LogP contribution in [-0.2, 0) is 22.4 Å². The van der Waals surface area contributed by atoms with Crippen LogP contribution < -0.4 is 9.64 Å². The number of alkyl halides is 3. The largest absolute Gasteiger partial charge is 0.490 e. The highest BCUT2D eigenvalue weighted by Crippen LogP contribution is 2.44. The molecule has 1 heterocycles. The molecule has 4 nitrogen and oxygen atoms in total. The number of hydrogen-bond donors (Lipinski definition) is 0. The minimum atomic E-state index is -4.72. The van der Waals surface area contributed by atoms with Gasteiger partial charge in [-0.3, -0.25) is 4.79 Å².